The van der Waals surface area contributed by atoms with Crippen molar-refractivity contribution in [1.29, 1.82) is 0 Å². The maximum atomic E-state index is 6.20. The minimum atomic E-state index is 0.831. The van der Waals surface area contributed by atoms with Gasteiger partial charge in [-0.15, -0.1) is 11.3 Å². The SMILES string of the molecule is C/C(N)=C(\C)c1c(C)c(C)c(C)c(C)c1N.C/C(N)=C(\C)c1c(C)sc(C)c1N. The second kappa shape index (κ2) is 9.40. The summed E-state index contributed by atoms with van der Waals surface area (Å²) < 4.78 is 0. The molecule has 29 heavy (non-hydrogen) atoms. The first-order valence-corrected chi connectivity index (χ1v) is 10.6. The van der Waals surface area contributed by atoms with Crippen molar-refractivity contribution in [2.75, 3.05) is 11.5 Å². The normalized spacial score (nSPS) is 12.8. The van der Waals surface area contributed by atoms with E-state index >= 15 is 0 Å². The first kappa shape index (κ1) is 24.6. The predicted octanol–water partition coefficient (Wildman–Crippen LogP) is 5.87. The number of thiophene rings is 1. The maximum Gasteiger partial charge on any atom is 0.0532 e. The zero-order chi connectivity index (χ0) is 22.8. The van der Waals surface area contributed by atoms with Gasteiger partial charge in [-0.1, -0.05) is 0 Å². The highest BCUT2D eigenvalue weighted by Gasteiger charge is 2.15. The van der Waals surface area contributed by atoms with Crippen molar-refractivity contribution in [2.45, 2.75) is 69.2 Å². The Morgan fingerprint density at radius 3 is 1.34 bits per heavy atom. The summed E-state index contributed by atoms with van der Waals surface area (Å²) in [4.78, 5) is 2.42. The van der Waals surface area contributed by atoms with E-state index in [0.717, 1.165) is 45.0 Å². The van der Waals surface area contributed by atoms with E-state index in [-0.39, 0.29) is 0 Å². The molecule has 0 saturated carbocycles. The van der Waals surface area contributed by atoms with Gasteiger partial charge in [0, 0.05) is 38.0 Å². The molecule has 1 aromatic carbocycles. The number of aryl methyl sites for hydroxylation is 2. The third kappa shape index (κ3) is 4.96. The van der Waals surface area contributed by atoms with E-state index in [1.54, 1.807) is 11.3 Å². The number of hydrogen-bond acceptors (Lipinski definition) is 5. The van der Waals surface area contributed by atoms with Crippen LogP contribution in [0.2, 0.25) is 0 Å². The molecule has 0 amide bonds. The Bertz CT molecular complexity index is 954. The molecule has 0 aliphatic rings. The van der Waals surface area contributed by atoms with Gasteiger partial charge in [-0.3, -0.25) is 0 Å². The average molecular weight is 415 g/mol. The second-order valence-corrected chi connectivity index (χ2v) is 9.34. The number of hydrogen-bond donors (Lipinski definition) is 4. The molecule has 160 valence electrons. The van der Waals surface area contributed by atoms with Gasteiger partial charge in [-0.2, -0.15) is 0 Å². The predicted molar refractivity (Wildman–Crippen MR) is 133 cm³/mol. The lowest BCUT2D eigenvalue weighted by molar-refractivity contribution is 1.19. The average Bonchev–Trinajstić information content (AvgIpc) is 2.90. The minimum Gasteiger partial charge on any atom is -0.402 e. The van der Waals surface area contributed by atoms with Gasteiger partial charge in [0.25, 0.3) is 0 Å². The third-order valence-corrected chi connectivity index (χ3v) is 7.01. The quantitative estimate of drug-likeness (QED) is 0.461. The molecule has 0 atom stereocenters. The lowest BCUT2D eigenvalue weighted by Gasteiger charge is -2.19. The largest absolute Gasteiger partial charge is 0.402 e. The van der Waals surface area contributed by atoms with E-state index in [9.17, 15) is 0 Å². The summed E-state index contributed by atoms with van der Waals surface area (Å²) in [5.41, 5.74) is 36.6. The molecule has 0 fully saturated rings. The summed E-state index contributed by atoms with van der Waals surface area (Å²) in [7, 11) is 0. The van der Waals surface area contributed by atoms with Crippen LogP contribution in [-0.2, 0) is 0 Å². The molecule has 0 unspecified atom stereocenters. The summed E-state index contributed by atoms with van der Waals surface area (Å²) in [5, 5.41) is 0. The Morgan fingerprint density at radius 2 is 0.966 bits per heavy atom. The number of nitrogens with two attached hydrogens (primary N) is 4. The molecule has 1 heterocycles. The molecule has 0 saturated heterocycles. The lowest BCUT2D eigenvalue weighted by atomic mass is 9.89. The van der Waals surface area contributed by atoms with Crippen molar-refractivity contribution >= 4 is 33.9 Å². The van der Waals surface area contributed by atoms with Crippen LogP contribution in [0.25, 0.3) is 11.1 Å². The second-order valence-electron chi connectivity index (χ2n) is 7.91. The molecular formula is C24H38N4S. The van der Waals surface area contributed by atoms with Crippen LogP contribution >= 0.6 is 11.3 Å². The van der Waals surface area contributed by atoms with E-state index in [0.29, 0.717) is 0 Å². The van der Waals surface area contributed by atoms with Crippen LogP contribution in [0.15, 0.2) is 11.4 Å². The fourth-order valence-electron chi connectivity index (χ4n) is 3.39. The highest BCUT2D eigenvalue weighted by Crippen LogP contribution is 2.35. The first-order valence-electron chi connectivity index (χ1n) is 9.81. The molecule has 5 heteroatoms. The van der Waals surface area contributed by atoms with E-state index in [2.05, 4.69) is 34.6 Å². The van der Waals surface area contributed by atoms with Gasteiger partial charge >= 0.3 is 0 Å². The Morgan fingerprint density at radius 1 is 0.552 bits per heavy atom. The van der Waals surface area contributed by atoms with Crippen molar-refractivity contribution in [3.05, 3.63) is 54.5 Å². The van der Waals surface area contributed by atoms with Crippen LogP contribution in [-0.4, -0.2) is 0 Å². The molecule has 2 aromatic rings. The smallest absolute Gasteiger partial charge is 0.0532 e. The van der Waals surface area contributed by atoms with Crippen LogP contribution in [0.1, 0.15) is 70.8 Å². The third-order valence-electron chi connectivity index (χ3n) is 5.98. The summed E-state index contributed by atoms with van der Waals surface area (Å²) in [6.45, 7) is 20.4. The van der Waals surface area contributed by atoms with Gasteiger partial charge in [-0.05, 0) is 103 Å². The summed E-state index contributed by atoms with van der Waals surface area (Å²) >= 11 is 1.73. The van der Waals surface area contributed by atoms with Crippen LogP contribution in [0.5, 0.6) is 0 Å². The molecule has 1 aromatic heterocycles. The Balaban J connectivity index is 0.000000296. The van der Waals surface area contributed by atoms with Crippen molar-refractivity contribution < 1.29 is 0 Å². The van der Waals surface area contributed by atoms with Gasteiger partial charge < -0.3 is 22.9 Å². The molecule has 2 rings (SSSR count). The summed E-state index contributed by atoms with van der Waals surface area (Å²) in [5.74, 6) is 0. The van der Waals surface area contributed by atoms with Gasteiger partial charge in [0.05, 0.1) is 5.69 Å². The molecule has 4 nitrogen and oxygen atoms in total. The Hall–Kier alpha value is -2.40. The summed E-state index contributed by atoms with van der Waals surface area (Å²) in [6.07, 6.45) is 0. The van der Waals surface area contributed by atoms with Crippen molar-refractivity contribution in [3.8, 4) is 0 Å². The number of benzene rings is 1. The van der Waals surface area contributed by atoms with E-state index in [1.165, 1.54) is 32.0 Å². The van der Waals surface area contributed by atoms with E-state index in [1.807, 2.05) is 34.6 Å². The number of rotatable bonds is 2. The lowest BCUT2D eigenvalue weighted by Crippen LogP contribution is -2.06. The maximum absolute atomic E-state index is 6.20. The number of anilines is 2. The zero-order valence-electron chi connectivity index (χ0n) is 19.7. The topological polar surface area (TPSA) is 104 Å². The van der Waals surface area contributed by atoms with E-state index < -0.39 is 0 Å². The van der Waals surface area contributed by atoms with Gasteiger partial charge in [0.1, 0.15) is 0 Å². The molecule has 0 spiro atoms. The first-order chi connectivity index (χ1) is 13.2. The van der Waals surface area contributed by atoms with Crippen LogP contribution in [0.4, 0.5) is 11.4 Å². The molecule has 0 radical (unpaired) electrons. The Labute approximate surface area is 180 Å². The van der Waals surface area contributed by atoms with Crippen molar-refractivity contribution in [3.63, 3.8) is 0 Å². The fraction of sp³-hybridized carbons (Fsp3) is 0.417. The monoisotopic (exact) mass is 414 g/mol. The van der Waals surface area contributed by atoms with E-state index in [4.69, 9.17) is 22.9 Å². The van der Waals surface area contributed by atoms with Crippen LogP contribution < -0.4 is 22.9 Å². The van der Waals surface area contributed by atoms with Gasteiger partial charge in [0.15, 0.2) is 0 Å². The Kier molecular flexibility index (Phi) is 7.98. The highest BCUT2D eigenvalue weighted by atomic mass is 32.1. The molecule has 0 bridgehead atoms. The van der Waals surface area contributed by atoms with Crippen molar-refractivity contribution in [1.82, 2.24) is 0 Å². The minimum absolute atomic E-state index is 0.831. The molecule has 0 aliphatic heterocycles. The molecule has 8 N–H and O–H groups in total. The standard InChI is InChI=1S/C14H22N2.C10H16N2S/c1-7-8(2)10(4)14(16)13(9(7)3)11(5)12(6)15;1-5(6(2)11)9-7(3)13-8(4)10(9)12/h15-16H2,1-6H3;11-12H2,1-4H3/b12-11-;6-5-. The number of nitrogen functional groups attached to an aromatic ring is 2. The van der Waals surface area contributed by atoms with Gasteiger partial charge in [-0.25, -0.2) is 0 Å². The summed E-state index contributed by atoms with van der Waals surface area (Å²) in [6, 6.07) is 0. The van der Waals surface area contributed by atoms with Gasteiger partial charge in [0.2, 0.25) is 0 Å². The molecular weight excluding hydrogens is 376 g/mol. The van der Waals surface area contributed by atoms with Crippen LogP contribution in [0.3, 0.4) is 0 Å². The van der Waals surface area contributed by atoms with Crippen molar-refractivity contribution in [2.24, 2.45) is 11.5 Å². The highest BCUT2D eigenvalue weighted by molar-refractivity contribution is 7.12. The zero-order valence-corrected chi connectivity index (χ0v) is 20.5. The molecule has 0 aliphatic carbocycles. The fourth-order valence-corrected chi connectivity index (χ4v) is 4.42. The number of allylic oxidation sites excluding steroid dienone is 4. The van der Waals surface area contributed by atoms with Crippen LogP contribution in [0, 0.1) is 41.5 Å².